The third-order valence-corrected chi connectivity index (χ3v) is 5.96. The molecule has 0 saturated heterocycles. The van der Waals surface area contributed by atoms with Crippen molar-refractivity contribution in [2.24, 2.45) is 0 Å². The first-order valence-electron chi connectivity index (χ1n) is 6.86. The van der Waals surface area contributed by atoms with E-state index >= 15 is 0 Å². The summed E-state index contributed by atoms with van der Waals surface area (Å²) in [5.74, 6) is 0. The molecule has 0 aliphatic heterocycles. The lowest BCUT2D eigenvalue weighted by Crippen LogP contribution is -2.38. The number of methoxy groups -OCH3 is 1. The molecule has 1 fully saturated rings. The second-order valence-corrected chi connectivity index (χ2v) is 7.43. The number of ether oxygens (including phenoxy) is 1. The maximum absolute atomic E-state index is 12.6. The van der Waals surface area contributed by atoms with Gasteiger partial charge in [0.2, 0.25) is 10.0 Å². The van der Waals surface area contributed by atoms with Crippen molar-refractivity contribution in [2.75, 3.05) is 7.11 Å². The van der Waals surface area contributed by atoms with E-state index in [0.29, 0.717) is 11.0 Å². The quantitative estimate of drug-likeness (QED) is 0.928. The Labute approximate surface area is 127 Å². The summed E-state index contributed by atoms with van der Waals surface area (Å²) in [4.78, 5) is 0.211. The maximum atomic E-state index is 12.6. The Hall–Kier alpha value is -1.09. The van der Waals surface area contributed by atoms with Crippen molar-refractivity contribution in [3.05, 3.63) is 18.2 Å². The molecule has 0 spiro atoms. The third kappa shape index (κ3) is 3.08. The van der Waals surface area contributed by atoms with Gasteiger partial charge in [-0.2, -0.15) is 8.75 Å². The number of benzene rings is 1. The standard InChI is InChI=1S/C13H17N3O3S2/c1-19-10-7-5-9(6-8-10)16-21(17,18)12-4-2-3-11-13(12)15-20-14-11/h2-4,9-10,16H,5-8H2,1H3. The molecule has 0 amide bonds. The first kappa shape index (κ1) is 14.8. The lowest BCUT2D eigenvalue weighted by Gasteiger charge is -2.27. The van der Waals surface area contributed by atoms with Gasteiger partial charge < -0.3 is 4.74 Å². The van der Waals surface area contributed by atoms with Crippen LogP contribution in [0.1, 0.15) is 25.7 Å². The van der Waals surface area contributed by atoms with Crippen LogP contribution in [-0.4, -0.2) is 36.4 Å². The summed E-state index contributed by atoms with van der Waals surface area (Å²) in [7, 11) is -1.87. The van der Waals surface area contributed by atoms with Gasteiger partial charge in [0.15, 0.2) is 0 Å². The maximum Gasteiger partial charge on any atom is 0.243 e. The molecular weight excluding hydrogens is 310 g/mol. The number of fused-ring (bicyclic) bond motifs is 1. The predicted molar refractivity (Wildman–Crippen MR) is 80.8 cm³/mol. The van der Waals surface area contributed by atoms with Crippen molar-refractivity contribution in [2.45, 2.75) is 42.7 Å². The number of hydrogen-bond acceptors (Lipinski definition) is 6. The van der Waals surface area contributed by atoms with Gasteiger partial charge in [0, 0.05) is 13.2 Å². The Morgan fingerprint density at radius 2 is 2.00 bits per heavy atom. The van der Waals surface area contributed by atoms with Crippen LogP contribution < -0.4 is 4.72 Å². The zero-order valence-electron chi connectivity index (χ0n) is 11.7. The van der Waals surface area contributed by atoms with Crippen LogP contribution in [0.15, 0.2) is 23.1 Å². The highest BCUT2D eigenvalue weighted by Gasteiger charge is 2.27. The molecule has 0 bridgehead atoms. The van der Waals surface area contributed by atoms with Gasteiger partial charge in [-0.25, -0.2) is 13.1 Å². The van der Waals surface area contributed by atoms with Crippen LogP contribution in [0.4, 0.5) is 0 Å². The summed E-state index contributed by atoms with van der Waals surface area (Å²) >= 11 is 1.02. The molecule has 6 nitrogen and oxygen atoms in total. The molecule has 0 atom stereocenters. The molecule has 1 N–H and O–H groups in total. The average Bonchev–Trinajstić information content (AvgIpc) is 2.95. The highest BCUT2D eigenvalue weighted by Crippen LogP contribution is 2.25. The van der Waals surface area contributed by atoms with Crippen molar-refractivity contribution >= 4 is 32.8 Å². The molecule has 2 aromatic rings. The molecule has 1 aliphatic carbocycles. The van der Waals surface area contributed by atoms with Crippen LogP contribution in [-0.2, 0) is 14.8 Å². The molecule has 1 aromatic heterocycles. The zero-order valence-corrected chi connectivity index (χ0v) is 13.3. The van der Waals surface area contributed by atoms with Crippen molar-refractivity contribution < 1.29 is 13.2 Å². The molecule has 0 radical (unpaired) electrons. The van der Waals surface area contributed by atoms with E-state index in [1.807, 2.05) is 0 Å². The number of hydrogen-bond donors (Lipinski definition) is 1. The van der Waals surface area contributed by atoms with Gasteiger partial charge >= 0.3 is 0 Å². The predicted octanol–water partition coefficient (Wildman–Crippen LogP) is 1.93. The fourth-order valence-electron chi connectivity index (χ4n) is 2.70. The van der Waals surface area contributed by atoms with E-state index in [1.54, 1.807) is 25.3 Å². The van der Waals surface area contributed by atoms with Gasteiger partial charge in [0.1, 0.15) is 15.9 Å². The average molecular weight is 327 g/mol. The highest BCUT2D eigenvalue weighted by atomic mass is 32.2. The fourth-order valence-corrected chi connectivity index (χ4v) is 4.77. The van der Waals surface area contributed by atoms with Crippen LogP contribution in [0, 0.1) is 0 Å². The van der Waals surface area contributed by atoms with Crippen LogP contribution >= 0.6 is 11.7 Å². The molecule has 1 heterocycles. The minimum absolute atomic E-state index is 0.0387. The van der Waals surface area contributed by atoms with Crippen molar-refractivity contribution in [1.29, 1.82) is 0 Å². The zero-order chi connectivity index (χ0) is 14.9. The van der Waals surface area contributed by atoms with Crippen molar-refractivity contribution in [1.82, 2.24) is 13.5 Å². The Kier molecular flexibility index (Phi) is 4.21. The summed E-state index contributed by atoms with van der Waals surface area (Å²) in [5.41, 5.74) is 1.06. The van der Waals surface area contributed by atoms with Gasteiger partial charge in [-0.05, 0) is 37.8 Å². The lowest BCUT2D eigenvalue weighted by atomic mass is 9.94. The van der Waals surface area contributed by atoms with Gasteiger partial charge in [-0.3, -0.25) is 0 Å². The van der Waals surface area contributed by atoms with E-state index in [-0.39, 0.29) is 17.0 Å². The lowest BCUT2D eigenvalue weighted by molar-refractivity contribution is 0.0649. The first-order valence-corrected chi connectivity index (χ1v) is 9.08. The Balaban J connectivity index is 1.80. The number of sulfonamides is 1. The molecule has 21 heavy (non-hydrogen) atoms. The van der Waals surface area contributed by atoms with E-state index < -0.39 is 10.0 Å². The van der Waals surface area contributed by atoms with Crippen LogP contribution in [0.2, 0.25) is 0 Å². The summed E-state index contributed by atoms with van der Waals surface area (Å²) in [6.45, 7) is 0. The summed E-state index contributed by atoms with van der Waals surface area (Å²) < 4.78 is 41.4. The normalized spacial score (nSPS) is 23.5. The van der Waals surface area contributed by atoms with E-state index in [1.165, 1.54) is 0 Å². The second kappa shape index (κ2) is 5.96. The molecule has 1 saturated carbocycles. The summed E-state index contributed by atoms with van der Waals surface area (Å²) in [6.07, 6.45) is 3.60. The molecule has 0 unspecified atom stereocenters. The second-order valence-electron chi connectivity index (χ2n) is 5.22. The van der Waals surface area contributed by atoms with Gasteiger partial charge in [0.25, 0.3) is 0 Å². The smallest absolute Gasteiger partial charge is 0.243 e. The van der Waals surface area contributed by atoms with E-state index in [9.17, 15) is 8.42 Å². The molecule has 114 valence electrons. The molecule has 3 rings (SSSR count). The van der Waals surface area contributed by atoms with E-state index in [4.69, 9.17) is 4.74 Å². The minimum atomic E-state index is -3.57. The summed E-state index contributed by atoms with van der Waals surface area (Å²) in [5, 5.41) is 0. The van der Waals surface area contributed by atoms with Crippen LogP contribution in [0.5, 0.6) is 0 Å². The fraction of sp³-hybridized carbons (Fsp3) is 0.538. The highest BCUT2D eigenvalue weighted by molar-refractivity contribution is 7.89. The van der Waals surface area contributed by atoms with Crippen LogP contribution in [0.25, 0.3) is 11.0 Å². The molecule has 1 aliphatic rings. The molecule has 8 heteroatoms. The SMILES string of the molecule is COC1CCC(NS(=O)(=O)c2cccc3nsnc23)CC1. The number of nitrogens with zero attached hydrogens (tertiary/aromatic N) is 2. The Morgan fingerprint density at radius 1 is 1.24 bits per heavy atom. The Bertz CT molecular complexity index is 721. The summed E-state index contributed by atoms with van der Waals surface area (Å²) in [6, 6.07) is 5.00. The largest absolute Gasteiger partial charge is 0.381 e. The minimum Gasteiger partial charge on any atom is -0.381 e. The molecule has 1 aromatic carbocycles. The van der Waals surface area contributed by atoms with E-state index in [2.05, 4.69) is 13.5 Å². The van der Waals surface area contributed by atoms with Crippen LogP contribution in [0.3, 0.4) is 0 Å². The van der Waals surface area contributed by atoms with Gasteiger partial charge in [-0.1, -0.05) is 6.07 Å². The van der Waals surface area contributed by atoms with Crippen molar-refractivity contribution in [3.63, 3.8) is 0 Å². The van der Waals surface area contributed by atoms with E-state index in [0.717, 1.165) is 37.4 Å². The monoisotopic (exact) mass is 327 g/mol. The van der Waals surface area contributed by atoms with Gasteiger partial charge in [0.05, 0.1) is 17.8 Å². The first-order chi connectivity index (χ1) is 10.1. The molecular formula is C13H17N3O3S2. The number of rotatable bonds is 4. The number of nitrogens with one attached hydrogen (secondary N) is 1. The Morgan fingerprint density at radius 3 is 2.71 bits per heavy atom. The van der Waals surface area contributed by atoms with Crippen molar-refractivity contribution in [3.8, 4) is 0 Å². The van der Waals surface area contributed by atoms with Gasteiger partial charge in [-0.15, -0.1) is 0 Å². The third-order valence-electron chi connectivity index (χ3n) is 3.87. The topological polar surface area (TPSA) is 81.2 Å². The number of aromatic nitrogens is 2.